The highest BCUT2D eigenvalue weighted by Gasteiger charge is 2.64. The highest BCUT2D eigenvalue weighted by molar-refractivity contribution is 7.10. The van der Waals surface area contributed by atoms with Gasteiger partial charge in [0.15, 0.2) is 0 Å². The molecular weight excluding hydrogens is 1040 g/mol. The van der Waals surface area contributed by atoms with Crippen LogP contribution in [0.5, 0.6) is 0 Å². The summed E-state index contributed by atoms with van der Waals surface area (Å²) >= 11 is 1.49. The number of benzene rings is 1. The molecule has 0 radical (unpaired) electrons. The Balaban J connectivity index is 0.804. The third-order valence-corrected chi connectivity index (χ3v) is 20.6. The molecule has 6 saturated heterocycles. The molecule has 19 heteroatoms. The van der Waals surface area contributed by atoms with Gasteiger partial charge in [-0.3, -0.25) is 43.9 Å². The van der Waals surface area contributed by atoms with Crippen LogP contribution >= 0.6 is 11.3 Å². The van der Waals surface area contributed by atoms with E-state index in [9.17, 15) is 14.4 Å². The number of amides is 3. The van der Waals surface area contributed by atoms with E-state index < -0.39 is 29.5 Å². The van der Waals surface area contributed by atoms with Crippen molar-refractivity contribution in [1.82, 2.24) is 49.9 Å². The van der Waals surface area contributed by atoms with E-state index in [0.717, 1.165) is 134 Å². The number of hydrogen-bond acceptors (Lipinski definition) is 15. The normalized spacial score (nSPS) is 30.0. The fraction of sp³-hybridized carbons (Fsp3) is 0.677. The number of hydrazine groups is 1. The Labute approximate surface area is 481 Å². The second-order valence-electron chi connectivity index (χ2n) is 26.5. The molecule has 1 aromatic carbocycles. The van der Waals surface area contributed by atoms with Crippen LogP contribution in [0.1, 0.15) is 115 Å². The summed E-state index contributed by atoms with van der Waals surface area (Å²) in [7, 11) is 1.74. The van der Waals surface area contributed by atoms with Gasteiger partial charge < -0.3 is 33.9 Å². The number of morpholine rings is 1. The van der Waals surface area contributed by atoms with Crippen LogP contribution in [0.15, 0.2) is 35.8 Å². The summed E-state index contributed by atoms with van der Waals surface area (Å²) in [6.45, 7) is 22.1. The molecule has 13 rings (SSSR count). The van der Waals surface area contributed by atoms with Gasteiger partial charge in [0.1, 0.15) is 18.1 Å². The maximum atomic E-state index is 15.0. The Morgan fingerprint density at radius 3 is 2.58 bits per heavy atom. The van der Waals surface area contributed by atoms with Crippen molar-refractivity contribution in [3.63, 3.8) is 0 Å². The van der Waals surface area contributed by atoms with Crippen LogP contribution < -0.4 is 15.6 Å². The Bertz CT molecular complexity index is 3040. The zero-order chi connectivity index (χ0) is 56.1. The molecule has 6 bridgehead atoms. The minimum Gasteiger partial charge on any atom is -0.464 e. The van der Waals surface area contributed by atoms with E-state index in [-0.39, 0.29) is 48.3 Å². The molecule has 436 valence electrons. The van der Waals surface area contributed by atoms with Crippen molar-refractivity contribution in [2.75, 3.05) is 90.7 Å². The molecule has 1 spiro atoms. The van der Waals surface area contributed by atoms with Crippen molar-refractivity contribution in [2.45, 2.75) is 161 Å². The predicted octanol–water partition coefficient (Wildman–Crippen LogP) is 6.30. The van der Waals surface area contributed by atoms with E-state index in [1.807, 2.05) is 6.20 Å². The van der Waals surface area contributed by atoms with Crippen LogP contribution in [0.2, 0.25) is 0 Å². The number of anilines is 1. The number of pyridine rings is 1. The van der Waals surface area contributed by atoms with E-state index in [4.69, 9.17) is 24.2 Å². The molecule has 7 aliphatic heterocycles. The van der Waals surface area contributed by atoms with Crippen molar-refractivity contribution >= 4 is 51.6 Å². The summed E-state index contributed by atoms with van der Waals surface area (Å²) in [5.74, 6) is 0.0778. The predicted molar refractivity (Wildman–Crippen MR) is 311 cm³/mol. The first kappa shape index (κ1) is 55.2. The number of carbonyl (C=O) groups excluding carboxylic acids is 4. The Kier molecular flexibility index (Phi) is 14.9. The average Bonchev–Trinajstić information content (AvgIpc) is 3.39. The number of likely N-dealkylation sites (tertiary alicyclic amines) is 2. The summed E-state index contributed by atoms with van der Waals surface area (Å²) in [5.41, 5.74) is 10.7. The fourth-order valence-corrected chi connectivity index (χ4v) is 15.9. The SMILES string of the molecule is CCn1c(-c2cc(N3CCN4CCOC[C@@H]4C3)cnc2[C@H](C)OC)c2c3cc(ccc31)-c1csc(n1)C[C@H](NC(=O)C(C(C)C)N1CC[C@]3(CCN(C(=O)[C@H]4C(C5CC5)N4C4CC4)C3)C1)C(=O)N1CCC[C@H](N1)C(=O)OCC(C)(C)C2. The third kappa shape index (κ3) is 10.7. The molecule has 4 aromatic rings. The molecule has 10 heterocycles. The van der Waals surface area contributed by atoms with Gasteiger partial charge in [0.2, 0.25) is 11.8 Å². The smallest absolute Gasteiger partial charge is 0.324 e. The number of fused-ring (bicyclic) bond motifs is 7. The molecule has 9 atom stereocenters. The number of aryl methyl sites for hydroxylation is 1. The van der Waals surface area contributed by atoms with Crippen molar-refractivity contribution in [2.24, 2.45) is 22.7 Å². The van der Waals surface area contributed by atoms with Gasteiger partial charge in [-0.15, -0.1) is 11.3 Å². The van der Waals surface area contributed by atoms with Crippen molar-refractivity contribution in [3.05, 3.63) is 52.1 Å². The number of rotatable bonds is 12. The highest BCUT2D eigenvalue weighted by atomic mass is 32.1. The van der Waals surface area contributed by atoms with Gasteiger partial charge in [-0.1, -0.05) is 33.8 Å². The van der Waals surface area contributed by atoms with Crippen molar-refractivity contribution < 1.29 is 33.4 Å². The minimum absolute atomic E-state index is 0.0412. The second-order valence-corrected chi connectivity index (χ2v) is 27.5. The zero-order valence-corrected chi connectivity index (χ0v) is 49.6. The van der Waals surface area contributed by atoms with Crippen LogP contribution in [-0.2, 0) is 52.8 Å². The first-order valence-electron chi connectivity index (χ1n) is 30.6. The first-order chi connectivity index (χ1) is 39.1. The largest absolute Gasteiger partial charge is 0.464 e. The molecule has 3 amide bonds. The molecule has 3 aromatic heterocycles. The Morgan fingerprint density at radius 2 is 1.80 bits per heavy atom. The van der Waals surface area contributed by atoms with Crippen LogP contribution in [0.25, 0.3) is 33.4 Å². The summed E-state index contributed by atoms with van der Waals surface area (Å²) < 4.78 is 20.7. The maximum Gasteiger partial charge on any atom is 0.324 e. The number of piperazine rings is 1. The molecular formula is C62H85N11O7S. The lowest BCUT2D eigenvalue weighted by Gasteiger charge is -2.44. The number of nitrogens with one attached hydrogen (secondary N) is 2. The second kappa shape index (κ2) is 21.9. The number of thiazole rings is 1. The molecule has 18 nitrogen and oxygen atoms in total. The van der Waals surface area contributed by atoms with Gasteiger partial charge in [-0.05, 0) is 114 Å². The standard InChI is InChI=1S/C62H85N11O7S/c1-8-71-50-16-13-40-26-44(50)46(55(71)45-27-42(30-63-52(45)38(4)78-7)68-23-22-67-24-25-79-32-43(67)31-68)29-61(5,6)36-80-60(77)47-10-9-19-72(66-47)58(75)48(28-51-64-49(40)33-81-51)65-57(74)53(37(2)3)69-20-17-62(34-69)18-21-70(35-62)59(76)56-54(39-11-12-39)73(56)41-14-15-41/h13,16,26-27,30,33,37-39,41,43,47-48,53-54,56,66H,8-12,14-15,17-25,28-29,31-32,34-36H2,1-7H3,(H,65,74)/t38-,43-,47-,48-,53?,54?,56+,62-,73?/m0/s1. The van der Waals surface area contributed by atoms with Crippen LogP contribution in [0.3, 0.4) is 0 Å². The van der Waals surface area contributed by atoms with Crippen LogP contribution in [0, 0.1) is 22.7 Å². The average molecular weight is 1130 g/mol. The van der Waals surface area contributed by atoms with Gasteiger partial charge in [0.05, 0.1) is 72.0 Å². The monoisotopic (exact) mass is 1130 g/mol. The lowest BCUT2D eigenvalue weighted by molar-refractivity contribution is -0.155. The van der Waals surface area contributed by atoms with Gasteiger partial charge in [-0.2, -0.15) is 0 Å². The zero-order valence-electron chi connectivity index (χ0n) is 48.8. The third-order valence-electron chi connectivity index (χ3n) is 19.8. The molecule has 81 heavy (non-hydrogen) atoms. The van der Waals surface area contributed by atoms with E-state index >= 15 is 4.79 Å². The summed E-state index contributed by atoms with van der Waals surface area (Å²) in [6.07, 6.45) is 10.4. The number of esters is 1. The molecule has 3 unspecified atom stereocenters. The van der Waals surface area contributed by atoms with Gasteiger partial charge in [0.25, 0.3) is 5.91 Å². The topological polar surface area (TPSA) is 170 Å². The van der Waals surface area contributed by atoms with E-state index in [0.29, 0.717) is 62.3 Å². The number of carbonyl (C=O) groups is 4. The minimum atomic E-state index is -0.954. The number of ether oxygens (including phenoxy) is 3. The number of aromatic nitrogens is 3. The van der Waals surface area contributed by atoms with Gasteiger partial charge >= 0.3 is 5.97 Å². The molecule has 9 aliphatic rings. The molecule has 2 saturated carbocycles. The van der Waals surface area contributed by atoms with E-state index in [1.54, 1.807) is 7.11 Å². The first-order valence-corrected chi connectivity index (χ1v) is 31.5. The molecule has 8 fully saturated rings. The highest BCUT2D eigenvalue weighted by Crippen LogP contribution is 2.53. The molecule has 2 N–H and O–H groups in total. The van der Waals surface area contributed by atoms with Crippen LogP contribution in [0.4, 0.5) is 5.69 Å². The van der Waals surface area contributed by atoms with Crippen molar-refractivity contribution in [1.29, 1.82) is 0 Å². The number of nitrogens with zero attached hydrogens (tertiary/aromatic N) is 9. The van der Waals surface area contributed by atoms with E-state index in [2.05, 4.69) is 111 Å². The lowest BCUT2D eigenvalue weighted by Crippen LogP contribution is -2.62. The van der Waals surface area contributed by atoms with Gasteiger partial charge in [-0.25, -0.2) is 10.4 Å². The Morgan fingerprint density at radius 1 is 0.975 bits per heavy atom. The number of cyclic esters (lactones) is 1. The summed E-state index contributed by atoms with van der Waals surface area (Å²) in [6, 6.07) is 8.18. The lowest BCUT2D eigenvalue weighted by atomic mass is 9.84. The Hall–Kier alpha value is -5.02. The van der Waals surface area contributed by atoms with Crippen LogP contribution in [-0.4, -0.2) is 191 Å². The molecule has 2 aliphatic carbocycles. The van der Waals surface area contributed by atoms with Crippen molar-refractivity contribution in [3.8, 4) is 22.5 Å². The summed E-state index contributed by atoms with van der Waals surface area (Å²) in [5, 5.41) is 8.70. The number of hydrogen-bond donors (Lipinski definition) is 2. The fourth-order valence-electron chi connectivity index (χ4n) is 15.1. The van der Waals surface area contributed by atoms with Gasteiger partial charge in [0, 0.05) is 123 Å². The number of methoxy groups -OCH3 is 1. The van der Waals surface area contributed by atoms with E-state index in [1.165, 1.54) is 42.0 Å². The maximum absolute atomic E-state index is 15.0. The summed E-state index contributed by atoms with van der Waals surface area (Å²) in [4.78, 5) is 80.9. The quantitative estimate of drug-likeness (QED) is 0.120.